The van der Waals surface area contributed by atoms with Crippen LogP contribution in [0, 0.1) is 15.9 Å². The molecule has 0 aliphatic rings. The predicted molar refractivity (Wildman–Crippen MR) is 43.7 cm³/mol. The third kappa shape index (κ3) is 2.00. The van der Waals surface area contributed by atoms with Gasteiger partial charge in [-0.25, -0.2) is 0 Å². The molecule has 1 aromatic rings. The second-order valence-electron chi connectivity index (χ2n) is 2.64. The first-order valence-electron chi connectivity index (χ1n) is 3.64. The molecule has 5 heteroatoms. The van der Waals surface area contributed by atoms with E-state index in [0.29, 0.717) is 5.56 Å². The lowest BCUT2D eigenvalue weighted by Gasteiger charge is -2.03. The van der Waals surface area contributed by atoms with Crippen LogP contribution in [-0.4, -0.2) is 10.0 Å². The van der Waals surface area contributed by atoms with Crippen molar-refractivity contribution in [3.8, 4) is 0 Å². The van der Waals surface area contributed by atoms with Crippen molar-refractivity contribution < 1.29 is 14.4 Å². The number of halogens is 1. The van der Waals surface area contributed by atoms with Crippen LogP contribution < -0.4 is 0 Å². The number of rotatable bonds is 2. The van der Waals surface area contributed by atoms with Crippen LogP contribution in [0.2, 0.25) is 0 Å². The second kappa shape index (κ2) is 3.49. The molecule has 1 atom stereocenters. The van der Waals surface area contributed by atoms with Crippen LogP contribution in [0.1, 0.15) is 18.6 Å². The fourth-order valence-electron chi connectivity index (χ4n) is 0.931. The highest BCUT2D eigenvalue weighted by molar-refractivity contribution is 5.35. The molecule has 0 unspecified atom stereocenters. The monoisotopic (exact) mass is 185 g/mol. The van der Waals surface area contributed by atoms with E-state index in [-0.39, 0.29) is 0 Å². The second-order valence-corrected chi connectivity index (χ2v) is 2.64. The zero-order valence-corrected chi connectivity index (χ0v) is 6.90. The van der Waals surface area contributed by atoms with E-state index in [1.165, 1.54) is 13.0 Å². The number of aliphatic hydroxyl groups excluding tert-OH is 1. The summed E-state index contributed by atoms with van der Waals surface area (Å²) in [6.07, 6.45) is -0.824. The zero-order valence-electron chi connectivity index (χ0n) is 6.90. The summed E-state index contributed by atoms with van der Waals surface area (Å²) in [4.78, 5) is 9.40. The maximum atomic E-state index is 12.9. The van der Waals surface area contributed by atoms with E-state index in [1.807, 2.05) is 0 Å². The van der Waals surface area contributed by atoms with Gasteiger partial charge in [0, 0.05) is 6.07 Å². The minimum Gasteiger partial charge on any atom is -0.389 e. The van der Waals surface area contributed by atoms with Gasteiger partial charge in [0.05, 0.1) is 11.0 Å². The predicted octanol–water partition coefficient (Wildman–Crippen LogP) is 1.79. The molecule has 70 valence electrons. The fourth-order valence-corrected chi connectivity index (χ4v) is 0.931. The van der Waals surface area contributed by atoms with Crippen LogP contribution in [0.25, 0.3) is 0 Å². The summed E-state index contributed by atoms with van der Waals surface area (Å²) in [5.41, 5.74) is -0.257. The first-order chi connectivity index (χ1) is 6.02. The van der Waals surface area contributed by atoms with E-state index in [4.69, 9.17) is 5.11 Å². The molecule has 0 fully saturated rings. The quantitative estimate of drug-likeness (QED) is 0.564. The summed E-state index contributed by atoms with van der Waals surface area (Å²) in [6.45, 7) is 1.46. The largest absolute Gasteiger partial charge is 0.389 e. The van der Waals surface area contributed by atoms with Crippen molar-refractivity contribution in [2.45, 2.75) is 13.0 Å². The average Bonchev–Trinajstić information content (AvgIpc) is 2.03. The van der Waals surface area contributed by atoms with Gasteiger partial charge in [-0.15, -0.1) is 0 Å². The standard InChI is InChI=1S/C8H8FNO3/c1-5(11)6-2-3-8(10(12)13)7(9)4-6/h2-5,11H,1H3/t5-/m0/s1. The third-order valence-electron chi connectivity index (χ3n) is 1.65. The SMILES string of the molecule is C[C@H](O)c1ccc([N+](=O)[O-])c(F)c1. The Morgan fingerprint density at radius 3 is 2.62 bits per heavy atom. The van der Waals surface area contributed by atoms with Gasteiger partial charge in [0.1, 0.15) is 0 Å². The van der Waals surface area contributed by atoms with Gasteiger partial charge >= 0.3 is 5.69 Å². The molecule has 0 aliphatic heterocycles. The lowest BCUT2D eigenvalue weighted by Crippen LogP contribution is -1.96. The Morgan fingerprint density at radius 2 is 2.23 bits per heavy atom. The number of benzene rings is 1. The van der Waals surface area contributed by atoms with Crippen LogP contribution in [0.15, 0.2) is 18.2 Å². The topological polar surface area (TPSA) is 63.4 Å². The highest BCUT2D eigenvalue weighted by atomic mass is 19.1. The normalized spacial score (nSPS) is 12.5. The molecule has 1 N–H and O–H groups in total. The van der Waals surface area contributed by atoms with Crippen LogP contribution in [0.4, 0.5) is 10.1 Å². The van der Waals surface area contributed by atoms with E-state index in [9.17, 15) is 14.5 Å². The number of aliphatic hydroxyl groups is 1. The van der Waals surface area contributed by atoms with Crippen molar-refractivity contribution >= 4 is 5.69 Å². The Hall–Kier alpha value is -1.49. The summed E-state index contributed by atoms with van der Waals surface area (Å²) in [5.74, 6) is -0.927. The first kappa shape index (κ1) is 9.60. The van der Waals surface area contributed by atoms with Gasteiger partial charge in [-0.3, -0.25) is 10.1 Å². The van der Waals surface area contributed by atoms with Gasteiger partial charge in [-0.1, -0.05) is 0 Å². The minimum atomic E-state index is -0.927. The number of nitro groups is 1. The number of hydrogen-bond acceptors (Lipinski definition) is 3. The van der Waals surface area contributed by atoms with Crippen LogP contribution in [0.5, 0.6) is 0 Å². The lowest BCUT2D eigenvalue weighted by molar-refractivity contribution is -0.387. The minimum absolute atomic E-state index is 0.322. The van der Waals surface area contributed by atoms with Crippen molar-refractivity contribution in [2.24, 2.45) is 0 Å². The van der Waals surface area contributed by atoms with Crippen molar-refractivity contribution in [1.29, 1.82) is 0 Å². The molecule has 0 bridgehead atoms. The molecule has 1 rings (SSSR count). The van der Waals surface area contributed by atoms with Gasteiger partial charge in [0.15, 0.2) is 0 Å². The van der Waals surface area contributed by atoms with E-state index in [0.717, 1.165) is 12.1 Å². The molecule has 0 saturated carbocycles. The molecule has 0 aromatic heterocycles. The van der Waals surface area contributed by atoms with E-state index in [2.05, 4.69) is 0 Å². The Morgan fingerprint density at radius 1 is 1.62 bits per heavy atom. The Kier molecular flexibility index (Phi) is 2.57. The zero-order chi connectivity index (χ0) is 10.0. The number of hydrogen-bond donors (Lipinski definition) is 1. The van der Waals surface area contributed by atoms with E-state index < -0.39 is 22.5 Å². The first-order valence-corrected chi connectivity index (χ1v) is 3.64. The average molecular weight is 185 g/mol. The van der Waals surface area contributed by atoms with Crippen LogP contribution in [-0.2, 0) is 0 Å². The highest BCUT2D eigenvalue weighted by Crippen LogP contribution is 2.21. The summed E-state index contributed by atoms with van der Waals surface area (Å²) < 4.78 is 12.9. The molecule has 13 heavy (non-hydrogen) atoms. The molecule has 0 saturated heterocycles. The van der Waals surface area contributed by atoms with Crippen molar-refractivity contribution in [2.75, 3.05) is 0 Å². The van der Waals surface area contributed by atoms with Gasteiger partial charge in [-0.2, -0.15) is 4.39 Å². The summed E-state index contributed by atoms with van der Waals surface area (Å²) >= 11 is 0. The fraction of sp³-hybridized carbons (Fsp3) is 0.250. The number of nitrogens with zero attached hydrogens (tertiary/aromatic N) is 1. The molecular formula is C8H8FNO3. The maximum absolute atomic E-state index is 12.9. The number of nitro benzene ring substituents is 1. The third-order valence-corrected chi connectivity index (χ3v) is 1.65. The van der Waals surface area contributed by atoms with Crippen molar-refractivity contribution in [3.63, 3.8) is 0 Å². The Bertz CT molecular complexity index is 338. The maximum Gasteiger partial charge on any atom is 0.304 e. The van der Waals surface area contributed by atoms with Crippen molar-refractivity contribution in [3.05, 3.63) is 39.7 Å². The molecule has 1 aromatic carbocycles. The highest BCUT2D eigenvalue weighted by Gasteiger charge is 2.14. The van der Waals surface area contributed by atoms with E-state index in [1.54, 1.807) is 0 Å². The smallest absolute Gasteiger partial charge is 0.304 e. The summed E-state index contributed by atoms with van der Waals surface area (Å²) in [6, 6.07) is 3.33. The van der Waals surface area contributed by atoms with Crippen molar-refractivity contribution in [1.82, 2.24) is 0 Å². The van der Waals surface area contributed by atoms with Gasteiger partial charge in [-0.05, 0) is 24.6 Å². The lowest BCUT2D eigenvalue weighted by atomic mass is 10.1. The summed E-state index contributed by atoms with van der Waals surface area (Å²) in [7, 11) is 0. The Labute approximate surface area is 73.8 Å². The van der Waals surface area contributed by atoms with Crippen LogP contribution >= 0.6 is 0 Å². The van der Waals surface area contributed by atoms with Gasteiger partial charge < -0.3 is 5.11 Å². The molecule has 0 amide bonds. The van der Waals surface area contributed by atoms with Gasteiger partial charge in [0.2, 0.25) is 5.82 Å². The van der Waals surface area contributed by atoms with Crippen LogP contribution in [0.3, 0.4) is 0 Å². The molecular weight excluding hydrogens is 177 g/mol. The molecule has 0 aliphatic carbocycles. The molecule has 0 spiro atoms. The van der Waals surface area contributed by atoms with Gasteiger partial charge in [0.25, 0.3) is 0 Å². The summed E-state index contributed by atoms with van der Waals surface area (Å²) in [5, 5.41) is 19.2. The molecule has 0 radical (unpaired) electrons. The Balaban J connectivity index is 3.13. The molecule has 4 nitrogen and oxygen atoms in total. The molecule has 0 heterocycles. The van der Waals surface area contributed by atoms with E-state index >= 15 is 0 Å².